The molecule has 1 aliphatic rings. The summed E-state index contributed by atoms with van der Waals surface area (Å²) >= 11 is 0. The number of amides is 1. The maximum absolute atomic E-state index is 12.4. The van der Waals surface area contributed by atoms with Gasteiger partial charge in [0.05, 0.1) is 29.2 Å². The fourth-order valence-electron chi connectivity index (χ4n) is 3.06. The SMILES string of the molecule is O=C(O)CC1(NC(=O)c2cnc3ccccc3n2)CCCC1. The lowest BCUT2D eigenvalue weighted by molar-refractivity contribution is -0.138. The predicted molar refractivity (Wildman–Crippen MR) is 80.5 cm³/mol. The van der Waals surface area contributed by atoms with Crippen LogP contribution in [-0.4, -0.2) is 32.5 Å². The van der Waals surface area contributed by atoms with Gasteiger partial charge in [-0.05, 0) is 25.0 Å². The van der Waals surface area contributed by atoms with E-state index in [2.05, 4.69) is 15.3 Å². The quantitative estimate of drug-likeness (QED) is 0.902. The Kier molecular flexibility index (Phi) is 3.75. The number of aliphatic carboxylic acids is 1. The highest BCUT2D eigenvalue weighted by Gasteiger charge is 2.37. The summed E-state index contributed by atoms with van der Waals surface area (Å²) in [7, 11) is 0. The Morgan fingerprint density at radius 3 is 2.55 bits per heavy atom. The van der Waals surface area contributed by atoms with Crippen molar-refractivity contribution in [1.29, 1.82) is 0 Å². The number of carboxylic acid groups (broad SMARTS) is 1. The van der Waals surface area contributed by atoms with Gasteiger partial charge in [0, 0.05) is 0 Å². The number of hydrogen-bond donors (Lipinski definition) is 2. The molecule has 6 heteroatoms. The molecule has 1 fully saturated rings. The van der Waals surface area contributed by atoms with Gasteiger partial charge in [0.1, 0.15) is 5.69 Å². The molecular formula is C16H17N3O3. The van der Waals surface area contributed by atoms with Gasteiger partial charge in [-0.1, -0.05) is 25.0 Å². The van der Waals surface area contributed by atoms with E-state index >= 15 is 0 Å². The van der Waals surface area contributed by atoms with Gasteiger partial charge in [0.15, 0.2) is 0 Å². The minimum Gasteiger partial charge on any atom is -0.481 e. The molecule has 0 spiro atoms. The van der Waals surface area contributed by atoms with Gasteiger partial charge in [-0.25, -0.2) is 4.98 Å². The lowest BCUT2D eigenvalue weighted by Crippen LogP contribution is -2.48. The summed E-state index contributed by atoms with van der Waals surface area (Å²) in [4.78, 5) is 32.0. The Morgan fingerprint density at radius 2 is 1.86 bits per heavy atom. The van der Waals surface area contributed by atoms with Gasteiger partial charge in [-0.15, -0.1) is 0 Å². The van der Waals surface area contributed by atoms with E-state index in [0.717, 1.165) is 18.4 Å². The first-order valence-electron chi connectivity index (χ1n) is 7.34. The molecule has 1 heterocycles. The van der Waals surface area contributed by atoms with Crippen molar-refractivity contribution in [3.8, 4) is 0 Å². The standard InChI is InChI=1S/C16H17N3O3/c20-14(21)9-16(7-3-4-8-16)19-15(22)13-10-17-11-5-1-2-6-12(11)18-13/h1-2,5-6,10H,3-4,7-9H2,(H,19,22)(H,20,21). The van der Waals surface area contributed by atoms with Crippen LogP contribution >= 0.6 is 0 Å². The second-order valence-electron chi connectivity index (χ2n) is 5.76. The molecular weight excluding hydrogens is 282 g/mol. The minimum atomic E-state index is -0.896. The highest BCUT2D eigenvalue weighted by Crippen LogP contribution is 2.32. The Morgan fingerprint density at radius 1 is 1.18 bits per heavy atom. The zero-order valence-corrected chi connectivity index (χ0v) is 12.1. The lowest BCUT2D eigenvalue weighted by atomic mass is 9.93. The second kappa shape index (κ2) is 5.71. The first kappa shape index (κ1) is 14.4. The number of hydrogen-bond acceptors (Lipinski definition) is 4. The monoisotopic (exact) mass is 299 g/mol. The summed E-state index contributed by atoms with van der Waals surface area (Å²) in [6.45, 7) is 0. The number of nitrogens with one attached hydrogen (secondary N) is 1. The largest absolute Gasteiger partial charge is 0.481 e. The molecule has 1 aromatic carbocycles. The molecule has 0 radical (unpaired) electrons. The fourth-order valence-corrected chi connectivity index (χ4v) is 3.06. The number of rotatable bonds is 4. The molecule has 1 aromatic heterocycles. The average Bonchev–Trinajstić information content (AvgIpc) is 2.94. The molecule has 2 N–H and O–H groups in total. The number of nitrogens with zero attached hydrogens (tertiary/aromatic N) is 2. The molecule has 1 amide bonds. The number of fused-ring (bicyclic) bond motifs is 1. The summed E-state index contributed by atoms with van der Waals surface area (Å²) in [5.74, 6) is -1.26. The first-order valence-corrected chi connectivity index (χ1v) is 7.34. The molecule has 0 aliphatic heterocycles. The molecule has 3 rings (SSSR count). The molecule has 22 heavy (non-hydrogen) atoms. The van der Waals surface area contributed by atoms with Gasteiger partial charge in [-0.2, -0.15) is 0 Å². The number of benzene rings is 1. The van der Waals surface area contributed by atoms with Gasteiger partial charge in [0.25, 0.3) is 5.91 Å². The summed E-state index contributed by atoms with van der Waals surface area (Å²) < 4.78 is 0. The van der Waals surface area contributed by atoms with Crippen molar-refractivity contribution in [2.45, 2.75) is 37.6 Å². The van der Waals surface area contributed by atoms with E-state index in [4.69, 9.17) is 5.11 Å². The van der Waals surface area contributed by atoms with Crippen LogP contribution in [0.2, 0.25) is 0 Å². The molecule has 0 unspecified atom stereocenters. The summed E-state index contributed by atoms with van der Waals surface area (Å²) in [5.41, 5.74) is 0.931. The van der Waals surface area contributed by atoms with Crippen molar-refractivity contribution in [3.05, 3.63) is 36.2 Å². The van der Waals surface area contributed by atoms with Crippen LogP contribution in [0, 0.1) is 0 Å². The molecule has 114 valence electrons. The normalized spacial score (nSPS) is 16.5. The third kappa shape index (κ3) is 2.90. The smallest absolute Gasteiger partial charge is 0.305 e. The molecule has 2 aromatic rings. The predicted octanol–water partition coefficient (Wildman–Crippen LogP) is 2.15. The Bertz CT molecular complexity index is 723. The number of carbonyl (C=O) groups excluding carboxylic acids is 1. The highest BCUT2D eigenvalue weighted by molar-refractivity contribution is 5.94. The fraction of sp³-hybridized carbons (Fsp3) is 0.375. The molecule has 6 nitrogen and oxygen atoms in total. The third-order valence-electron chi connectivity index (χ3n) is 4.11. The Balaban J connectivity index is 1.83. The van der Waals surface area contributed by atoms with E-state index in [1.807, 2.05) is 18.2 Å². The molecule has 0 bridgehead atoms. The molecule has 1 saturated carbocycles. The second-order valence-corrected chi connectivity index (χ2v) is 5.76. The summed E-state index contributed by atoms with van der Waals surface area (Å²) in [6, 6.07) is 7.31. The zero-order chi connectivity index (χ0) is 15.6. The van der Waals surface area contributed by atoms with Crippen LogP contribution in [0.4, 0.5) is 0 Å². The van der Waals surface area contributed by atoms with E-state index in [0.29, 0.717) is 18.4 Å². The molecule has 0 saturated heterocycles. The van der Waals surface area contributed by atoms with Crippen LogP contribution in [0.3, 0.4) is 0 Å². The Hall–Kier alpha value is -2.50. The van der Waals surface area contributed by atoms with Gasteiger partial charge >= 0.3 is 5.97 Å². The van der Waals surface area contributed by atoms with E-state index < -0.39 is 11.5 Å². The van der Waals surface area contributed by atoms with E-state index in [-0.39, 0.29) is 18.0 Å². The van der Waals surface area contributed by atoms with Crippen molar-refractivity contribution < 1.29 is 14.7 Å². The topological polar surface area (TPSA) is 92.2 Å². The van der Waals surface area contributed by atoms with Crippen LogP contribution in [0.25, 0.3) is 11.0 Å². The van der Waals surface area contributed by atoms with Gasteiger partial charge in [-0.3, -0.25) is 14.6 Å². The van der Waals surface area contributed by atoms with Gasteiger partial charge < -0.3 is 10.4 Å². The number of carboxylic acids is 1. The van der Waals surface area contributed by atoms with Crippen LogP contribution < -0.4 is 5.32 Å². The highest BCUT2D eigenvalue weighted by atomic mass is 16.4. The third-order valence-corrected chi connectivity index (χ3v) is 4.11. The van der Waals surface area contributed by atoms with Crippen molar-refractivity contribution >= 4 is 22.9 Å². The lowest BCUT2D eigenvalue weighted by Gasteiger charge is -2.28. The van der Waals surface area contributed by atoms with Gasteiger partial charge in [0.2, 0.25) is 0 Å². The molecule has 0 atom stereocenters. The number of para-hydroxylation sites is 2. The zero-order valence-electron chi connectivity index (χ0n) is 12.1. The van der Waals surface area contributed by atoms with Crippen molar-refractivity contribution in [2.24, 2.45) is 0 Å². The average molecular weight is 299 g/mol. The Labute approximate surface area is 127 Å². The van der Waals surface area contributed by atoms with Crippen molar-refractivity contribution in [1.82, 2.24) is 15.3 Å². The van der Waals surface area contributed by atoms with Crippen molar-refractivity contribution in [2.75, 3.05) is 0 Å². The van der Waals surface area contributed by atoms with E-state index in [1.54, 1.807) is 6.07 Å². The number of aromatic nitrogens is 2. The van der Waals surface area contributed by atoms with Crippen LogP contribution in [0.15, 0.2) is 30.5 Å². The first-order chi connectivity index (χ1) is 10.6. The van der Waals surface area contributed by atoms with E-state index in [1.165, 1.54) is 6.20 Å². The summed E-state index contributed by atoms with van der Waals surface area (Å²) in [6.07, 6.45) is 4.60. The van der Waals surface area contributed by atoms with Crippen LogP contribution in [0.5, 0.6) is 0 Å². The minimum absolute atomic E-state index is 0.0558. The van der Waals surface area contributed by atoms with Crippen LogP contribution in [0.1, 0.15) is 42.6 Å². The maximum Gasteiger partial charge on any atom is 0.305 e. The van der Waals surface area contributed by atoms with E-state index in [9.17, 15) is 9.59 Å². The summed E-state index contributed by atoms with van der Waals surface area (Å²) in [5, 5.41) is 12.0. The van der Waals surface area contributed by atoms with Crippen LogP contribution in [-0.2, 0) is 4.79 Å². The maximum atomic E-state index is 12.4. The van der Waals surface area contributed by atoms with Crippen molar-refractivity contribution in [3.63, 3.8) is 0 Å². The molecule has 1 aliphatic carbocycles. The number of carbonyl (C=O) groups is 2.